The summed E-state index contributed by atoms with van der Waals surface area (Å²) in [6.45, 7) is 13.3. The lowest BCUT2D eigenvalue weighted by Crippen LogP contribution is -2.41. The molecule has 2 atom stereocenters. The van der Waals surface area contributed by atoms with E-state index in [2.05, 4.69) is 33.9 Å². The fraction of sp³-hybridized carbons (Fsp3) is 0.941. The molecule has 7 heteroatoms. The van der Waals surface area contributed by atoms with Crippen LogP contribution in [0.3, 0.4) is 0 Å². The van der Waals surface area contributed by atoms with Crippen LogP contribution in [0.4, 0.5) is 0 Å². The van der Waals surface area contributed by atoms with Gasteiger partial charge in [-0.15, -0.1) is 0 Å². The van der Waals surface area contributed by atoms with E-state index < -0.39 is 8.32 Å². The lowest BCUT2D eigenvalue weighted by molar-refractivity contribution is -0.141. The summed E-state index contributed by atoms with van der Waals surface area (Å²) in [5.41, 5.74) is 0. The average molecular weight is 363 g/mol. The zero-order valence-electron chi connectivity index (χ0n) is 16.1. The molecule has 0 aromatic carbocycles. The van der Waals surface area contributed by atoms with Gasteiger partial charge in [0.2, 0.25) is 0 Å². The van der Waals surface area contributed by atoms with Gasteiger partial charge in [-0.1, -0.05) is 20.8 Å². The molecule has 1 aliphatic heterocycles. The first-order valence-electron chi connectivity index (χ1n) is 8.68. The zero-order chi connectivity index (χ0) is 18.2. The third-order valence-electron chi connectivity index (χ3n) is 4.87. The van der Waals surface area contributed by atoms with Gasteiger partial charge in [-0.25, -0.2) is 0 Å². The molecule has 1 aliphatic rings. The van der Waals surface area contributed by atoms with Gasteiger partial charge in [0.1, 0.15) is 19.5 Å². The highest BCUT2D eigenvalue weighted by Crippen LogP contribution is 2.36. The van der Waals surface area contributed by atoms with E-state index in [4.69, 9.17) is 23.4 Å². The van der Waals surface area contributed by atoms with Crippen molar-refractivity contribution in [3.63, 3.8) is 0 Å². The monoisotopic (exact) mass is 362 g/mol. The summed E-state index contributed by atoms with van der Waals surface area (Å²) in [6, 6.07) is 0. The van der Waals surface area contributed by atoms with E-state index in [9.17, 15) is 4.79 Å². The van der Waals surface area contributed by atoms with Gasteiger partial charge < -0.3 is 23.4 Å². The molecular weight excluding hydrogens is 328 g/mol. The van der Waals surface area contributed by atoms with E-state index in [1.165, 1.54) is 0 Å². The van der Waals surface area contributed by atoms with Gasteiger partial charge in [0.05, 0.1) is 19.1 Å². The van der Waals surface area contributed by atoms with Crippen LogP contribution in [-0.4, -0.2) is 60.7 Å². The van der Waals surface area contributed by atoms with Crippen molar-refractivity contribution in [3.8, 4) is 0 Å². The van der Waals surface area contributed by atoms with Crippen molar-refractivity contribution >= 4 is 14.3 Å². The predicted molar refractivity (Wildman–Crippen MR) is 94.4 cm³/mol. The van der Waals surface area contributed by atoms with Gasteiger partial charge in [0, 0.05) is 13.7 Å². The third-order valence-corrected chi connectivity index (χ3v) is 9.41. The van der Waals surface area contributed by atoms with Crippen molar-refractivity contribution in [2.75, 3.05) is 40.3 Å². The maximum absolute atomic E-state index is 11.9. The normalized spacial score (nSPS) is 22.0. The van der Waals surface area contributed by atoms with E-state index in [0.29, 0.717) is 26.4 Å². The van der Waals surface area contributed by atoms with Crippen LogP contribution in [0.25, 0.3) is 0 Å². The zero-order valence-corrected chi connectivity index (χ0v) is 17.1. The van der Waals surface area contributed by atoms with Crippen molar-refractivity contribution in [2.24, 2.45) is 5.92 Å². The number of cyclic esters (lactones) is 1. The molecule has 1 saturated heterocycles. The van der Waals surface area contributed by atoms with Gasteiger partial charge in [-0.05, 0) is 31.0 Å². The van der Waals surface area contributed by atoms with Crippen LogP contribution in [-0.2, 0) is 28.2 Å². The minimum Gasteiger partial charge on any atom is -0.463 e. The number of esters is 1. The molecule has 0 N–H and O–H groups in total. The lowest BCUT2D eigenvalue weighted by Gasteiger charge is -2.36. The van der Waals surface area contributed by atoms with Crippen molar-refractivity contribution in [1.29, 1.82) is 0 Å². The van der Waals surface area contributed by atoms with Crippen molar-refractivity contribution in [1.82, 2.24) is 0 Å². The Labute approximate surface area is 147 Å². The Balaban J connectivity index is 2.30. The molecule has 0 bridgehead atoms. The number of hydrogen-bond donors (Lipinski definition) is 0. The maximum atomic E-state index is 11.9. The fourth-order valence-electron chi connectivity index (χ4n) is 2.19. The summed E-state index contributed by atoms with van der Waals surface area (Å²) in [5.74, 6) is -0.400. The van der Waals surface area contributed by atoms with Gasteiger partial charge in [0.25, 0.3) is 0 Å². The van der Waals surface area contributed by atoms with E-state index in [1.54, 1.807) is 7.11 Å². The van der Waals surface area contributed by atoms with E-state index >= 15 is 0 Å². The minimum absolute atomic E-state index is 0.154. The summed E-state index contributed by atoms with van der Waals surface area (Å²) in [6.07, 6.45) is 1.32. The molecule has 0 saturated carbocycles. The minimum atomic E-state index is -1.73. The molecular formula is C17H34O6Si. The number of carbonyl (C=O) groups excluding carboxylic acids is 1. The first-order chi connectivity index (χ1) is 11.2. The summed E-state index contributed by atoms with van der Waals surface area (Å²) in [5, 5.41) is 0.199. The van der Waals surface area contributed by atoms with Gasteiger partial charge in [-0.3, -0.25) is 4.79 Å². The number of methoxy groups -OCH3 is 1. The van der Waals surface area contributed by atoms with Crippen LogP contribution in [0.5, 0.6) is 0 Å². The molecule has 0 spiro atoms. The number of carbonyl (C=O) groups is 1. The Kier molecular flexibility index (Phi) is 8.87. The van der Waals surface area contributed by atoms with Crippen LogP contribution in [0, 0.1) is 5.92 Å². The Bertz CT molecular complexity index is 380. The smallest absolute Gasteiger partial charge is 0.311 e. The second-order valence-corrected chi connectivity index (χ2v) is 12.5. The molecule has 1 rings (SSSR count). The van der Waals surface area contributed by atoms with Crippen molar-refractivity contribution in [3.05, 3.63) is 0 Å². The maximum Gasteiger partial charge on any atom is 0.311 e. The Morgan fingerprint density at radius 2 is 1.92 bits per heavy atom. The van der Waals surface area contributed by atoms with Gasteiger partial charge in [0.15, 0.2) is 8.32 Å². The van der Waals surface area contributed by atoms with Crippen LogP contribution in [0.15, 0.2) is 0 Å². The van der Waals surface area contributed by atoms with Crippen molar-refractivity contribution < 1.29 is 28.2 Å². The topological polar surface area (TPSA) is 63.2 Å². The summed E-state index contributed by atoms with van der Waals surface area (Å²) in [7, 11) is -0.108. The highest BCUT2D eigenvalue weighted by Gasteiger charge is 2.39. The van der Waals surface area contributed by atoms with E-state index in [1.807, 2.05) is 0 Å². The van der Waals surface area contributed by atoms with Crippen LogP contribution >= 0.6 is 0 Å². The highest BCUT2D eigenvalue weighted by molar-refractivity contribution is 6.74. The Morgan fingerprint density at radius 1 is 1.21 bits per heavy atom. The summed E-state index contributed by atoms with van der Waals surface area (Å²) in [4.78, 5) is 11.9. The first kappa shape index (κ1) is 21.6. The molecule has 0 aromatic rings. The molecule has 142 valence electrons. The number of hydrogen-bond acceptors (Lipinski definition) is 6. The predicted octanol–water partition coefficient (Wildman–Crippen LogP) is 2.97. The van der Waals surface area contributed by atoms with Gasteiger partial charge >= 0.3 is 5.97 Å². The average Bonchev–Trinajstić information content (AvgIpc) is 2.83. The van der Waals surface area contributed by atoms with Crippen LogP contribution < -0.4 is 0 Å². The molecule has 0 amide bonds. The Morgan fingerprint density at radius 3 is 2.54 bits per heavy atom. The quantitative estimate of drug-likeness (QED) is 0.244. The molecule has 0 aliphatic carbocycles. The molecule has 1 heterocycles. The van der Waals surface area contributed by atoms with E-state index in [-0.39, 0.29) is 29.8 Å². The molecule has 0 aromatic heterocycles. The summed E-state index contributed by atoms with van der Waals surface area (Å²) < 4.78 is 27.1. The molecule has 0 unspecified atom stereocenters. The van der Waals surface area contributed by atoms with Crippen molar-refractivity contribution in [2.45, 2.75) is 57.8 Å². The number of ether oxygens (including phenoxy) is 4. The SMILES string of the molecule is COCCOCO[C@H]1COC(=O)[C@H]1CCCO[Si](C)(C)C(C)(C)C. The second kappa shape index (κ2) is 9.87. The third kappa shape index (κ3) is 6.80. The lowest BCUT2D eigenvalue weighted by atomic mass is 10.00. The van der Waals surface area contributed by atoms with Crippen LogP contribution in [0.2, 0.25) is 18.1 Å². The van der Waals surface area contributed by atoms with Crippen LogP contribution in [0.1, 0.15) is 33.6 Å². The van der Waals surface area contributed by atoms with Gasteiger partial charge in [-0.2, -0.15) is 0 Å². The second-order valence-electron chi connectivity index (χ2n) is 7.71. The first-order valence-corrected chi connectivity index (χ1v) is 11.6. The molecule has 6 nitrogen and oxygen atoms in total. The number of rotatable bonds is 11. The fourth-order valence-corrected chi connectivity index (χ4v) is 3.28. The molecule has 1 fully saturated rings. The summed E-state index contributed by atoms with van der Waals surface area (Å²) >= 11 is 0. The largest absolute Gasteiger partial charge is 0.463 e. The Hall–Kier alpha value is -0.473. The highest BCUT2D eigenvalue weighted by atomic mass is 28.4. The molecule has 0 radical (unpaired) electrons. The molecule has 24 heavy (non-hydrogen) atoms. The van der Waals surface area contributed by atoms with E-state index in [0.717, 1.165) is 12.8 Å². The standard InChI is InChI=1S/C17H34O6Si/c1-17(2,3)24(5,6)23-9-7-8-14-15(12-21-16(14)18)22-13-20-11-10-19-4/h14-15H,7-13H2,1-6H3/t14-,15-/m0/s1.